The van der Waals surface area contributed by atoms with Gasteiger partial charge in [-0.05, 0) is 19.4 Å². The molecule has 4 nitrogen and oxygen atoms in total. The van der Waals surface area contributed by atoms with E-state index in [1.807, 2.05) is 44.2 Å². The topological polar surface area (TPSA) is 70.6 Å². The van der Waals surface area contributed by atoms with E-state index in [4.69, 9.17) is 10.8 Å². The Kier molecular flexibility index (Phi) is 4.46. The van der Waals surface area contributed by atoms with Crippen LogP contribution in [0.3, 0.4) is 0 Å². The van der Waals surface area contributed by atoms with Gasteiger partial charge in [-0.3, -0.25) is 0 Å². The molecule has 0 unspecified atom stereocenters. The summed E-state index contributed by atoms with van der Waals surface area (Å²) in [6.07, 6.45) is 0. The molecular formula is C12H19N3O. The Bertz CT molecular complexity index is 341. The average Bonchev–Trinajstić information content (AvgIpc) is 2.24. The molecule has 0 radical (unpaired) electrons. The summed E-state index contributed by atoms with van der Waals surface area (Å²) in [7, 11) is 0. The van der Waals surface area contributed by atoms with Crippen LogP contribution in [-0.2, 0) is 0 Å². The van der Waals surface area contributed by atoms with Gasteiger partial charge in [0, 0.05) is 0 Å². The molecule has 0 bridgehead atoms. The molecule has 0 aliphatic heterocycles. The third-order valence-electron chi connectivity index (χ3n) is 2.07. The summed E-state index contributed by atoms with van der Waals surface area (Å²) in [5.41, 5.74) is 10.1. The highest BCUT2D eigenvalue weighted by Gasteiger charge is 2.21. The van der Waals surface area contributed by atoms with E-state index < -0.39 is 5.54 Å². The quantitative estimate of drug-likeness (QED) is 0.389. The number of hydrazone groups is 1. The highest BCUT2D eigenvalue weighted by molar-refractivity contribution is 6.06. The van der Waals surface area contributed by atoms with E-state index in [0.717, 1.165) is 11.3 Å². The van der Waals surface area contributed by atoms with Gasteiger partial charge in [0.25, 0.3) is 0 Å². The number of hydrogen-bond donors (Lipinski definition) is 3. The molecule has 4 heteroatoms. The molecule has 0 atom stereocenters. The lowest BCUT2D eigenvalue weighted by Crippen LogP contribution is -2.43. The predicted octanol–water partition coefficient (Wildman–Crippen LogP) is 0.710. The van der Waals surface area contributed by atoms with Crippen molar-refractivity contribution in [1.82, 2.24) is 5.43 Å². The zero-order valence-electron chi connectivity index (χ0n) is 9.77. The Morgan fingerprint density at radius 3 is 2.50 bits per heavy atom. The van der Waals surface area contributed by atoms with Gasteiger partial charge in [-0.25, -0.2) is 0 Å². The summed E-state index contributed by atoms with van der Waals surface area (Å²) in [6, 6.07) is 9.78. The van der Waals surface area contributed by atoms with Crippen LogP contribution in [0.4, 0.5) is 0 Å². The Morgan fingerprint density at radius 1 is 1.38 bits per heavy atom. The smallest absolute Gasteiger partial charge is 0.0867 e. The van der Waals surface area contributed by atoms with Crippen LogP contribution in [0.15, 0.2) is 35.4 Å². The maximum atomic E-state index is 8.69. The molecule has 0 aromatic heterocycles. The van der Waals surface area contributed by atoms with Crippen LogP contribution in [0.25, 0.3) is 0 Å². The molecule has 88 valence electrons. The van der Waals surface area contributed by atoms with E-state index in [-0.39, 0.29) is 6.61 Å². The van der Waals surface area contributed by atoms with Crippen LogP contribution in [0, 0.1) is 0 Å². The number of nitrogens with two attached hydrogens (primary N) is 1. The van der Waals surface area contributed by atoms with Crippen LogP contribution in [0.1, 0.15) is 19.4 Å². The summed E-state index contributed by atoms with van der Waals surface area (Å²) in [5.74, 6) is 0. The van der Waals surface area contributed by atoms with Crippen molar-refractivity contribution < 1.29 is 5.11 Å². The van der Waals surface area contributed by atoms with Crippen molar-refractivity contribution in [3.05, 3.63) is 35.9 Å². The fourth-order valence-electron chi connectivity index (χ4n) is 1.36. The lowest BCUT2D eigenvalue weighted by Gasteiger charge is -2.21. The van der Waals surface area contributed by atoms with Crippen LogP contribution in [-0.4, -0.2) is 29.5 Å². The maximum absolute atomic E-state index is 8.69. The third-order valence-corrected chi connectivity index (χ3v) is 2.07. The van der Waals surface area contributed by atoms with E-state index >= 15 is 0 Å². The highest BCUT2D eigenvalue weighted by Crippen LogP contribution is 2.10. The lowest BCUT2D eigenvalue weighted by atomic mass is 9.93. The van der Waals surface area contributed by atoms with Gasteiger partial charge in [0.2, 0.25) is 0 Å². The second kappa shape index (κ2) is 5.63. The zero-order valence-corrected chi connectivity index (χ0v) is 9.77. The minimum absolute atomic E-state index is 0.0522. The van der Waals surface area contributed by atoms with Crippen molar-refractivity contribution >= 4 is 5.71 Å². The summed E-state index contributed by atoms with van der Waals surface area (Å²) in [6.45, 7) is 4.28. The molecule has 0 aliphatic carbocycles. The number of aliphatic hydroxyl groups excluding tert-OH is 1. The van der Waals surface area contributed by atoms with Gasteiger partial charge in [0.15, 0.2) is 0 Å². The minimum atomic E-state index is -0.524. The summed E-state index contributed by atoms with van der Waals surface area (Å²) < 4.78 is 0. The van der Waals surface area contributed by atoms with Gasteiger partial charge >= 0.3 is 0 Å². The number of nitrogens with zero attached hydrogens (tertiary/aromatic N) is 1. The van der Waals surface area contributed by atoms with Crippen LogP contribution in [0.5, 0.6) is 0 Å². The molecule has 16 heavy (non-hydrogen) atoms. The number of rotatable bonds is 5. The van der Waals surface area contributed by atoms with Crippen molar-refractivity contribution in [1.29, 1.82) is 0 Å². The fourth-order valence-corrected chi connectivity index (χ4v) is 1.36. The Morgan fingerprint density at radius 2 is 2.00 bits per heavy atom. The second-order valence-electron chi connectivity index (χ2n) is 4.18. The molecule has 0 spiro atoms. The zero-order chi connectivity index (χ0) is 12.0. The molecular weight excluding hydrogens is 202 g/mol. The van der Waals surface area contributed by atoms with E-state index in [1.54, 1.807) is 0 Å². The molecule has 0 fully saturated rings. The number of hydrogen-bond acceptors (Lipinski definition) is 4. The molecule has 0 amide bonds. The Balaban J connectivity index is 2.93. The van der Waals surface area contributed by atoms with Gasteiger partial charge < -0.3 is 16.3 Å². The Hall–Kier alpha value is -1.39. The third kappa shape index (κ3) is 3.64. The number of nitrogens with one attached hydrogen (secondary N) is 1. The highest BCUT2D eigenvalue weighted by atomic mass is 16.3. The van der Waals surface area contributed by atoms with Crippen molar-refractivity contribution in [3.8, 4) is 0 Å². The van der Waals surface area contributed by atoms with Crippen molar-refractivity contribution in [2.75, 3.05) is 13.2 Å². The molecule has 0 aliphatic rings. The van der Waals surface area contributed by atoms with E-state index in [1.165, 1.54) is 0 Å². The molecule has 1 aromatic carbocycles. The average molecular weight is 221 g/mol. The SMILES string of the molecule is CC(C)(N)/C(=N\NCCO)c1ccccc1. The molecule has 4 N–H and O–H groups in total. The minimum Gasteiger partial charge on any atom is -0.394 e. The summed E-state index contributed by atoms with van der Waals surface area (Å²) >= 11 is 0. The van der Waals surface area contributed by atoms with Crippen molar-refractivity contribution in [2.24, 2.45) is 10.8 Å². The van der Waals surface area contributed by atoms with E-state index in [9.17, 15) is 0 Å². The first-order valence-corrected chi connectivity index (χ1v) is 5.32. The summed E-state index contributed by atoms with van der Waals surface area (Å²) in [5, 5.41) is 12.9. The van der Waals surface area contributed by atoms with Crippen molar-refractivity contribution in [3.63, 3.8) is 0 Å². The summed E-state index contributed by atoms with van der Waals surface area (Å²) in [4.78, 5) is 0. The standard InChI is InChI=1S/C12H19N3O/c1-12(2,13)11(15-14-8-9-16)10-6-4-3-5-7-10/h3-7,14,16H,8-9,13H2,1-2H3/b15-11-. The first kappa shape index (κ1) is 12.7. The first-order chi connectivity index (χ1) is 7.55. The molecule has 0 saturated heterocycles. The maximum Gasteiger partial charge on any atom is 0.0867 e. The van der Waals surface area contributed by atoms with Crippen molar-refractivity contribution in [2.45, 2.75) is 19.4 Å². The molecule has 0 saturated carbocycles. The van der Waals surface area contributed by atoms with Crippen LogP contribution < -0.4 is 11.2 Å². The number of aliphatic hydroxyl groups is 1. The van der Waals surface area contributed by atoms with E-state index in [2.05, 4.69) is 10.5 Å². The molecule has 1 aromatic rings. The first-order valence-electron chi connectivity index (χ1n) is 5.32. The number of benzene rings is 1. The lowest BCUT2D eigenvalue weighted by molar-refractivity contribution is 0.293. The largest absolute Gasteiger partial charge is 0.394 e. The van der Waals surface area contributed by atoms with Crippen LogP contribution >= 0.6 is 0 Å². The van der Waals surface area contributed by atoms with Gasteiger partial charge in [0.05, 0.1) is 24.4 Å². The predicted molar refractivity (Wildman–Crippen MR) is 66.3 cm³/mol. The Labute approximate surface area is 96.2 Å². The van der Waals surface area contributed by atoms with E-state index in [0.29, 0.717) is 6.54 Å². The fraction of sp³-hybridized carbons (Fsp3) is 0.417. The molecule has 0 heterocycles. The second-order valence-corrected chi connectivity index (χ2v) is 4.18. The van der Waals surface area contributed by atoms with Gasteiger partial charge in [-0.1, -0.05) is 30.3 Å². The van der Waals surface area contributed by atoms with Gasteiger partial charge in [-0.15, -0.1) is 0 Å². The monoisotopic (exact) mass is 221 g/mol. The van der Waals surface area contributed by atoms with Gasteiger partial charge in [-0.2, -0.15) is 5.10 Å². The molecule has 1 rings (SSSR count). The van der Waals surface area contributed by atoms with Crippen LogP contribution in [0.2, 0.25) is 0 Å². The van der Waals surface area contributed by atoms with Gasteiger partial charge in [0.1, 0.15) is 0 Å². The normalized spacial score (nSPS) is 12.6.